The minimum Gasteiger partial charge on any atom is -0.507 e. The molecule has 3 rings (SSSR count). The summed E-state index contributed by atoms with van der Waals surface area (Å²) in [6.45, 7) is 18.6. The Balaban J connectivity index is 2.03. The number of aryl methyl sites for hydroxylation is 2. The Hall–Kier alpha value is -3.40. The van der Waals surface area contributed by atoms with Gasteiger partial charge in [-0.15, -0.1) is 0 Å². The van der Waals surface area contributed by atoms with Gasteiger partial charge in [-0.05, 0) is 66.0 Å². The Morgan fingerprint density at radius 3 is 1.34 bits per heavy atom. The van der Waals surface area contributed by atoms with Crippen LogP contribution in [0.2, 0.25) is 0 Å². The van der Waals surface area contributed by atoms with E-state index in [2.05, 4.69) is 47.6 Å². The van der Waals surface area contributed by atoms with Crippen molar-refractivity contribution >= 4 is 23.8 Å². The number of hydrogen-bond acceptors (Lipinski definition) is 4. The van der Waals surface area contributed by atoms with Crippen molar-refractivity contribution in [2.24, 2.45) is 9.98 Å². The van der Waals surface area contributed by atoms with Crippen molar-refractivity contribution < 1.29 is 10.2 Å². The van der Waals surface area contributed by atoms with Crippen LogP contribution in [0, 0.1) is 20.8 Å². The minimum atomic E-state index is -0.165. The Morgan fingerprint density at radius 2 is 1.00 bits per heavy atom. The Bertz CT molecular complexity index is 1210. The molecular formula is C31H38N2O2. The van der Waals surface area contributed by atoms with Crippen LogP contribution < -0.4 is 0 Å². The van der Waals surface area contributed by atoms with Gasteiger partial charge in [-0.1, -0.05) is 71.9 Å². The van der Waals surface area contributed by atoms with Gasteiger partial charge in [0, 0.05) is 29.1 Å². The molecule has 35 heavy (non-hydrogen) atoms. The second kappa shape index (κ2) is 9.69. The predicted molar refractivity (Wildman–Crippen MR) is 149 cm³/mol. The molecular weight excluding hydrogens is 432 g/mol. The van der Waals surface area contributed by atoms with E-state index in [-0.39, 0.29) is 22.3 Å². The second-order valence-corrected chi connectivity index (χ2v) is 11.3. The van der Waals surface area contributed by atoms with E-state index >= 15 is 0 Å². The molecule has 0 spiro atoms. The Labute approximate surface area is 210 Å². The summed E-state index contributed by atoms with van der Waals surface area (Å²) in [4.78, 5) is 9.54. The molecule has 0 heterocycles. The summed E-state index contributed by atoms with van der Waals surface area (Å²) in [5, 5.41) is 21.6. The Kier molecular flexibility index (Phi) is 7.26. The van der Waals surface area contributed by atoms with E-state index in [9.17, 15) is 10.2 Å². The van der Waals surface area contributed by atoms with Crippen molar-refractivity contribution in [1.82, 2.24) is 0 Å². The molecule has 0 amide bonds. The third-order valence-electron chi connectivity index (χ3n) is 6.31. The lowest BCUT2D eigenvalue weighted by Gasteiger charge is -2.21. The molecule has 184 valence electrons. The molecule has 4 nitrogen and oxygen atoms in total. The highest BCUT2D eigenvalue weighted by Crippen LogP contribution is 2.37. The molecule has 0 bridgehead atoms. The van der Waals surface area contributed by atoms with Crippen LogP contribution in [0.5, 0.6) is 11.5 Å². The van der Waals surface area contributed by atoms with Gasteiger partial charge in [-0.3, -0.25) is 9.98 Å². The molecule has 0 aliphatic rings. The first kappa shape index (κ1) is 26.2. The molecule has 3 aromatic rings. The zero-order chi connectivity index (χ0) is 26.1. The highest BCUT2D eigenvalue weighted by atomic mass is 16.3. The van der Waals surface area contributed by atoms with Gasteiger partial charge in [-0.25, -0.2) is 0 Å². The number of phenolic OH excluding ortho intramolecular Hbond substituents is 2. The maximum absolute atomic E-state index is 10.8. The molecule has 0 aliphatic heterocycles. The van der Waals surface area contributed by atoms with Crippen molar-refractivity contribution in [3.8, 4) is 11.5 Å². The molecule has 2 N–H and O–H groups in total. The van der Waals surface area contributed by atoms with Gasteiger partial charge in [0.25, 0.3) is 0 Å². The van der Waals surface area contributed by atoms with Crippen LogP contribution in [-0.4, -0.2) is 22.6 Å². The lowest BCUT2D eigenvalue weighted by molar-refractivity contribution is 0.445. The third kappa shape index (κ3) is 5.64. The number of aromatic hydroxyl groups is 2. The summed E-state index contributed by atoms with van der Waals surface area (Å²) in [6, 6.07) is 13.6. The van der Waals surface area contributed by atoms with E-state index in [4.69, 9.17) is 9.98 Å². The van der Waals surface area contributed by atoms with Crippen LogP contribution in [0.25, 0.3) is 0 Å². The standard InChI is InChI=1S/C31H38N2O2/c1-19-16-20(2)27(33-18-23-13-11-15-25(29(23)35)31(7,8)9)21(3)26(19)32-17-22-12-10-14-24(28(22)34)30(4,5)6/h10-18,34-35H,1-9H3. The molecule has 4 heteroatoms. The minimum absolute atomic E-state index is 0.165. The Morgan fingerprint density at radius 1 is 0.629 bits per heavy atom. The summed E-state index contributed by atoms with van der Waals surface area (Å²) in [6.07, 6.45) is 3.45. The van der Waals surface area contributed by atoms with Crippen LogP contribution >= 0.6 is 0 Å². The summed E-state index contributed by atoms with van der Waals surface area (Å²) in [7, 11) is 0. The van der Waals surface area contributed by atoms with E-state index in [0.717, 1.165) is 39.2 Å². The lowest BCUT2D eigenvalue weighted by atomic mass is 9.85. The average Bonchev–Trinajstić information content (AvgIpc) is 2.73. The van der Waals surface area contributed by atoms with E-state index in [1.807, 2.05) is 57.2 Å². The van der Waals surface area contributed by atoms with Crippen LogP contribution in [0.15, 0.2) is 52.4 Å². The predicted octanol–water partition coefficient (Wildman–Crippen LogP) is 8.12. The van der Waals surface area contributed by atoms with Crippen LogP contribution in [0.4, 0.5) is 11.4 Å². The maximum atomic E-state index is 10.8. The van der Waals surface area contributed by atoms with Gasteiger partial charge < -0.3 is 10.2 Å². The van der Waals surface area contributed by atoms with Crippen molar-refractivity contribution in [2.75, 3.05) is 0 Å². The van der Waals surface area contributed by atoms with Crippen LogP contribution in [0.3, 0.4) is 0 Å². The fourth-order valence-corrected chi connectivity index (χ4v) is 4.37. The van der Waals surface area contributed by atoms with Gasteiger partial charge >= 0.3 is 0 Å². The van der Waals surface area contributed by atoms with E-state index in [1.54, 1.807) is 12.4 Å². The van der Waals surface area contributed by atoms with Gasteiger partial charge in [0.15, 0.2) is 0 Å². The van der Waals surface area contributed by atoms with Gasteiger partial charge in [0.1, 0.15) is 11.5 Å². The summed E-state index contributed by atoms with van der Waals surface area (Å²) in [5.41, 5.74) is 7.51. The molecule has 0 unspecified atom stereocenters. The summed E-state index contributed by atoms with van der Waals surface area (Å²) in [5.74, 6) is 0.525. The fraction of sp³-hybridized carbons (Fsp3) is 0.355. The molecule has 0 fully saturated rings. The number of aliphatic imine (C=N–C) groups is 2. The molecule has 0 saturated carbocycles. The molecule has 0 aliphatic carbocycles. The van der Waals surface area contributed by atoms with Gasteiger partial charge in [0.05, 0.1) is 11.4 Å². The number of hydrogen-bond donors (Lipinski definition) is 2. The van der Waals surface area contributed by atoms with Crippen molar-refractivity contribution in [2.45, 2.75) is 73.1 Å². The van der Waals surface area contributed by atoms with Crippen molar-refractivity contribution in [3.63, 3.8) is 0 Å². The third-order valence-corrected chi connectivity index (χ3v) is 6.31. The number of phenols is 2. The monoisotopic (exact) mass is 470 g/mol. The summed E-state index contributed by atoms with van der Waals surface area (Å²) < 4.78 is 0. The molecule has 3 aromatic carbocycles. The van der Waals surface area contributed by atoms with E-state index in [0.29, 0.717) is 11.1 Å². The normalized spacial score (nSPS) is 12.7. The van der Waals surface area contributed by atoms with E-state index in [1.165, 1.54) is 0 Å². The first-order chi connectivity index (χ1) is 16.2. The quantitative estimate of drug-likeness (QED) is 0.378. The van der Waals surface area contributed by atoms with Crippen LogP contribution in [-0.2, 0) is 10.8 Å². The average molecular weight is 471 g/mol. The fourth-order valence-electron chi connectivity index (χ4n) is 4.37. The van der Waals surface area contributed by atoms with Crippen molar-refractivity contribution in [1.29, 1.82) is 0 Å². The van der Waals surface area contributed by atoms with E-state index < -0.39 is 0 Å². The first-order valence-electron chi connectivity index (χ1n) is 12.1. The smallest absolute Gasteiger partial charge is 0.128 e. The molecule has 0 saturated heterocycles. The number of benzene rings is 3. The highest BCUT2D eigenvalue weighted by Gasteiger charge is 2.20. The highest BCUT2D eigenvalue weighted by molar-refractivity contribution is 5.89. The van der Waals surface area contributed by atoms with Crippen molar-refractivity contribution in [3.05, 3.63) is 81.4 Å². The number of nitrogens with zero attached hydrogens (tertiary/aromatic N) is 2. The largest absolute Gasteiger partial charge is 0.507 e. The van der Waals surface area contributed by atoms with Gasteiger partial charge in [-0.2, -0.15) is 0 Å². The second-order valence-electron chi connectivity index (χ2n) is 11.3. The van der Waals surface area contributed by atoms with Crippen LogP contribution in [0.1, 0.15) is 80.5 Å². The maximum Gasteiger partial charge on any atom is 0.128 e. The first-order valence-corrected chi connectivity index (χ1v) is 12.1. The number of rotatable bonds is 4. The zero-order valence-corrected chi connectivity index (χ0v) is 22.5. The lowest BCUT2D eigenvalue weighted by Crippen LogP contribution is -2.11. The zero-order valence-electron chi connectivity index (χ0n) is 22.5. The summed E-state index contributed by atoms with van der Waals surface area (Å²) >= 11 is 0. The topological polar surface area (TPSA) is 65.2 Å². The van der Waals surface area contributed by atoms with Gasteiger partial charge in [0.2, 0.25) is 0 Å². The molecule has 0 radical (unpaired) electrons. The SMILES string of the molecule is Cc1cc(C)c(N=Cc2cccc(C(C)(C)C)c2O)c(C)c1N=Cc1cccc(C(C)(C)C)c1O. The number of para-hydroxylation sites is 2. The molecule has 0 aromatic heterocycles. The molecule has 0 atom stereocenters.